The molecule has 152 valence electrons. The molecule has 1 atom stereocenters. The number of carbonyl (C=O) groups is 2. The minimum atomic E-state index is -3.54. The first-order chi connectivity index (χ1) is 13.2. The highest BCUT2D eigenvalue weighted by Crippen LogP contribution is 2.23. The molecule has 1 amide bonds. The maximum Gasteiger partial charge on any atom is 0.326 e. The highest BCUT2D eigenvalue weighted by molar-refractivity contribution is 7.88. The molecule has 1 aliphatic heterocycles. The first-order valence-electron chi connectivity index (χ1n) is 8.71. The van der Waals surface area contributed by atoms with Gasteiger partial charge in [-0.15, -0.1) is 0 Å². The van der Waals surface area contributed by atoms with Crippen molar-refractivity contribution in [2.45, 2.75) is 32.4 Å². The van der Waals surface area contributed by atoms with E-state index in [1.54, 1.807) is 13.0 Å². The quantitative estimate of drug-likeness (QED) is 0.667. The van der Waals surface area contributed by atoms with Crippen LogP contribution in [0, 0.1) is 5.82 Å². The van der Waals surface area contributed by atoms with Crippen LogP contribution < -0.4 is 4.80 Å². The summed E-state index contributed by atoms with van der Waals surface area (Å²) < 4.78 is 46.0. The van der Waals surface area contributed by atoms with E-state index in [0.717, 1.165) is 21.9 Å². The van der Waals surface area contributed by atoms with E-state index in [-0.39, 0.29) is 30.0 Å². The van der Waals surface area contributed by atoms with E-state index in [1.165, 1.54) is 16.7 Å². The SMILES string of the molecule is CCOC(=O)Cn1c(=NC(=O)C2CCCN2S(C)(=O)=O)sc2cccc(F)c21. The zero-order valence-corrected chi connectivity index (χ0v) is 17.1. The molecule has 11 heteroatoms. The second-order valence-corrected chi connectivity index (χ2v) is 9.29. The molecule has 2 heterocycles. The maximum atomic E-state index is 14.4. The summed E-state index contributed by atoms with van der Waals surface area (Å²) in [6.07, 6.45) is 1.98. The lowest BCUT2D eigenvalue weighted by molar-refractivity contribution is -0.143. The van der Waals surface area contributed by atoms with Gasteiger partial charge in [-0.3, -0.25) is 9.59 Å². The van der Waals surface area contributed by atoms with Crippen LogP contribution in [0.5, 0.6) is 0 Å². The number of sulfonamides is 1. The summed E-state index contributed by atoms with van der Waals surface area (Å²) >= 11 is 1.05. The molecule has 28 heavy (non-hydrogen) atoms. The van der Waals surface area contributed by atoms with Crippen LogP contribution in [0.25, 0.3) is 10.2 Å². The van der Waals surface area contributed by atoms with Crippen LogP contribution >= 0.6 is 11.3 Å². The first-order valence-corrected chi connectivity index (χ1v) is 11.4. The smallest absolute Gasteiger partial charge is 0.326 e. The van der Waals surface area contributed by atoms with Crippen molar-refractivity contribution in [3.63, 3.8) is 0 Å². The molecule has 1 aromatic carbocycles. The van der Waals surface area contributed by atoms with Gasteiger partial charge in [-0.25, -0.2) is 12.8 Å². The number of rotatable bonds is 5. The maximum absolute atomic E-state index is 14.4. The third-order valence-corrected chi connectivity index (χ3v) is 6.70. The number of aromatic nitrogens is 1. The fourth-order valence-electron chi connectivity index (χ4n) is 3.21. The van der Waals surface area contributed by atoms with E-state index >= 15 is 0 Å². The van der Waals surface area contributed by atoms with E-state index < -0.39 is 33.8 Å². The molecule has 1 aromatic heterocycles. The summed E-state index contributed by atoms with van der Waals surface area (Å²) in [6, 6.07) is 3.55. The molecule has 3 rings (SSSR count). The van der Waals surface area contributed by atoms with Gasteiger partial charge in [0, 0.05) is 6.54 Å². The number of hydrogen-bond acceptors (Lipinski definition) is 6. The van der Waals surface area contributed by atoms with Crippen LogP contribution in [0.1, 0.15) is 19.8 Å². The summed E-state index contributed by atoms with van der Waals surface area (Å²) in [5.41, 5.74) is 0.151. The molecule has 8 nitrogen and oxygen atoms in total. The van der Waals surface area contributed by atoms with Gasteiger partial charge in [-0.1, -0.05) is 17.4 Å². The highest BCUT2D eigenvalue weighted by Gasteiger charge is 2.36. The Morgan fingerprint density at radius 2 is 2.14 bits per heavy atom. The van der Waals surface area contributed by atoms with E-state index in [1.807, 2.05) is 0 Å². The Hall–Kier alpha value is -2.11. The van der Waals surface area contributed by atoms with Crippen molar-refractivity contribution < 1.29 is 27.1 Å². The van der Waals surface area contributed by atoms with Crippen molar-refractivity contribution in [2.24, 2.45) is 4.99 Å². The number of halogens is 1. The van der Waals surface area contributed by atoms with E-state index in [9.17, 15) is 22.4 Å². The molecule has 0 saturated carbocycles. The van der Waals surface area contributed by atoms with Crippen LogP contribution in [-0.2, 0) is 30.9 Å². The lowest BCUT2D eigenvalue weighted by Crippen LogP contribution is -2.40. The van der Waals surface area contributed by atoms with Gasteiger partial charge in [-0.2, -0.15) is 9.30 Å². The summed E-state index contributed by atoms with van der Waals surface area (Å²) in [7, 11) is -3.54. The van der Waals surface area contributed by atoms with Crippen molar-refractivity contribution in [1.29, 1.82) is 0 Å². The number of hydrogen-bond donors (Lipinski definition) is 0. The summed E-state index contributed by atoms with van der Waals surface area (Å²) in [5.74, 6) is -1.77. The van der Waals surface area contributed by atoms with Crippen molar-refractivity contribution in [3.8, 4) is 0 Å². The molecule has 0 radical (unpaired) electrons. The second-order valence-electron chi connectivity index (χ2n) is 6.34. The Bertz CT molecular complexity index is 1090. The molecular weight excluding hydrogens is 409 g/mol. The molecule has 1 fully saturated rings. The van der Waals surface area contributed by atoms with Gasteiger partial charge in [0.15, 0.2) is 4.80 Å². The lowest BCUT2D eigenvalue weighted by atomic mass is 10.2. The van der Waals surface area contributed by atoms with Gasteiger partial charge in [-0.05, 0) is 31.9 Å². The Kier molecular flexibility index (Phi) is 5.96. The fourth-order valence-corrected chi connectivity index (χ4v) is 5.38. The Balaban J connectivity index is 2.07. The number of fused-ring (bicyclic) bond motifs is 1. The highest BCUT2D eigenvalue weighted by atomic mass is 32.2. The minimum Gasteiger partial charge on any atom is -0.465 e. The Morgan fingerprint density at radius 1 is 1.39 bits per heavy atom. The average Bonchev–Trinajstić information content (AvgIpc) is 3.21. The number of carbonyl (C=O) groups excluding carboxylic acids is 2. The Morgan fingerprint density at radius 3 is 2.82 bits per heavy atom. The first kappa shape index (κ1) is 20.6. The molecule has 0 aliphatic carbocycles. The molecular formula is C17H20FN3O5S2. The topological polar surface area (TPSA) is 98.0 Å². The number of amides is 1. The average molecular weight is 429 g/mol. The predicted molar refractivity (Wildman–Crippen MR) is 102 cm³/mol. The van der Waals surface area contributed by atoms with E-state index in [0.29, 0.717) is 17.5 Å². The van der Waals surface area contributed by atoms with Gasteiger partial charge in [0.25, 0.3) is 5.91 Å². The van der Waals surface area contributed by atoms with Crippen LogP contribution in [0.4, 0.5) is 4.39 Å². The second kappa shape index (κ2) is 8.10. The van der Waals surface area contributed by atoms with Crippen LogP contribution in [0.3, 0.4) is 0 Å². The van der Waals surface area contributed by atoms with Crippen LogP contribution in [-0.4, -0.2) is 54.6 Å². The third kappa shape index (κ3) is 4.15. The standard InChI is InChI=1S/C17H20FN3O5S2/c1-3-26-14(22)10-20-15-11(18)6-4-8-13(15)27-17(20)19-16(23)12-7-5-9-21(12)28(2,24)25/h4,6,8,12H,3,5,7,9-10H2,1-2H3. The van der Waals surface area contributed by atoms with Crippen molar-refractivity contribution in [3.05, 3.63) is 28.8 Å². The van der Waals surface area contributed by atoms with E-state index in [4.69, 9.17) is 4.74 Å². The zero-order chi connectivity index (χ0) is 20.5. The molecule has 0 bridgehead atoms. The van der Waals surface area contributed by atoms with Crippen LogP contribution in [0.15, 0.2) is 23.2 Å². The molecule has 1 aliphatic rings. The molecule has 1 saturated heterocycles. The number of esters is 1. The number of thiazole rings is 1. The largest absolute Gasteiger partial charge is 0.465 e. The number of para-hydroxylation sites is 1. The molecule has 0 spiro atoms. The summed E-state index contributed by atoms with van der Waals surface area (Å²) in [6.45, 7) is 1.78. The van der Waals surface area contributed by atoms with Crippen molar-refractivity contribution >= 4 is 43.5 Å². The molecule has 0 N–H and O–H groups in total. The zero-order valence-electron chi connectivity index (χ0n) is 15.4. The monoisotopic (exact) mass is 429 g/mol. The number of nitrogens with zero attached hydrogens (tertiary/aromatic N) is 3. The summed E-state index contributed by atoms with van der Waals surface area (Å²) in [4.78, 5) is 28.9. The van der Waals surface area contributed by atoms with Crippen LogP contribution in [0.2, 0.25) is 0 Å². The molecule has 2 aromatic rings. The van der Waals surface area contributed by atoms with Gasteiger partial charge in [0.05, 0.1) is 23.1 Å². The van der Waals surface area contributed by atoms with Gasteiger partial charge in [0.1, 0.15) is 18.4 Å². The Labute approximate surface area is 165 Å². The van der Waals surface area contributed by atoms with Gasteiger partial charge >= 0.3 is 5.97 Å². The normalized spacial score (nSPS) is 18.7. The van der Waals surface area contributed by atoms with E-state index in [2.05, 4.69) is 4.99 Å². The van der Waals surface area contributed by atoms with Crippen molar-refractivity contribution in [1.82, 2.24) is 8.87 Å². The van der Waals surface area contributed by atoms with Crippen molar-refractivity contribution in [2.75, 3.05) is 19.4 Å². The fraction of sp³-hybridized carbons (Fsp3) is 0.471. The van der Waals surface area contributed by atoms with Gasteiger partial charge in [0.2, 0.25) is 10.0 Å². The molecule has 1 unspecified atom stereocenters. The van der Waals surface area contributed by atoms with Gasteiger partial charge < -0.3 is 9.30 Å². The number of benzene rings is 1. The minimum absolute atomic E-state index is 0.124. The predicted octanol–water partition coefficient (Wildman–Crippen LogP) is 1.26. The lowest BCUT2D eigenvalue weighted by Gasteiger charge is -2.18. The third-order valence-electron chi connectivity index (χ3n) is 4.36. The number of ether oxygens (including phenoxy) is 1. The summed E-state index contributed by atoms with van der Waals surface area (Å²) in [5, 5.41) is 0.